The van der Waals surface area contributed by atoms with Gasteiger partial charge in [0.05, 0.1) is 0 Å². The summed E-state index contributed by atoms with van der Waals surface area (Å²) < 4.78 is 0. The highest BCUT2D eigenvalue weighted by Crippen LogP contribution is 2.17. The second kappa shape index (κ2) is 8.77. The van der Waals surface area contributed by atoms with Gasteiger partial charge in [-0.1, -0.05) is 86.6 Å². The highest BCUT2D eigenvalue weighted by molar-refractivity contribution is 6.34. The van der Waals surface area contributed by atoms with Crippen LogP contribution in [0.1, 0.15) is 13.8 Å². The van der Waals surface area contributed by atoms with Crippen molar-refractivity contribution in [1.82, 2.24) is 0 Å². The van der Waals surface area contributed by atoms with Crippen molar-refractivity contribution in [3.63, 3.8) is 0 Å². The molecule has 0 unspecified atom stereocenters. The van der Waals surface area contributed by atoms with Gasteiger partial charge in [-0.3, -0.25) is 0 Å². The van der Waals surface area contributed by atoms with E-state index in [1.807, 2.05) is 12.1 Å². The smallest absolute Gasteiger partial charge is 0.0192 e. The lowest BCUT2D eigenvalue weighted by Gasteiger charge is -1.98. The third kappa shape index (κ3) is 5.50. The van der Waals surface area contributed by atoms with Gasteiger partial charge in [0, 0.05) is 9.52 Å². The summed E-state index contributed by atoms with van der Waals surface area (Å²) in [5, 5.41) is 0. The molecule has 0 radical (unpaired) electrons. The lowest BCUT2D eigenvalue weighted by atomic mass is 10.1. The summed E-state index contributed by atoms with van der Waals surface area (Å²) in [5.41, 5.74) is 2.55. The van der Waals surface area contributed by atoms with E-state index in [-0.39, 0.29) is 0 Å². The van der Waals surface area contributed by atoms with Crippen molar-refractivity contribution in [3.05, 3.63) is 60.7 Å². The van der Waals surface area contributed by atoms with Gasteiger partial charge in [0.15, 0.2) is 0 Å². The van der Waals surface area contributed by atoms with E-state index in [9.17, 15) is 0 Å². The molecule has 0 N–H and O–H groups in total. The van der Waals surface area contributed by atoms with Crippen LogP contribution >= 0.6 is 0 Å². The Balaban J connectivity index is 0.000000249. The molecule has 17 heavy (non-hydrogen) atoms. The molecule has 0 fully saturated rings. The lowest BCUT2D eigenvalue weighted by molar-refractivity contribution is 1.36. The molecule has 0 aliphatic carbocycles. The Labute approximate surface area is 108 Å². The molecule has 0 spiro atoms. The highest BCUT2D eigenvalue weighted by Gasteiger charge is 1.91. The predicted molar refractivity (Wildman–Crippen MR) is 81.4 cm³/mol. The second-order valence-corrected chi connectivity index (χ2v) is 6.79. The molecule has 0 bridgehead atoms. The predicted octanol–water partition coefficient (Wildman–Crippen LogP) is 4.39. The Morgan fingerprint density at radius 3 is 1.24 bits per heavy atom. The van der Waals surface area contributed by atoms with Crippen molar-refractivity contribution in [2.24, 2.45) is 0 Å². The molecule has 0 amide bonds. The Kier molecular flexibility index (Phi) is 7.08. The first-order valence-electron chi connectivity index (χ1n) is 6.49. The van der Waals surface area contributed by atoms with E-state index in [0.717, 1.165) is 0 Å². The number of hydrogen-bond donors (Lipinski definition) is 0. The zero-order chi connectivity index (χ0) is 12.3. The Morgan fingerprint density at radius 1 is 0.647 bits per heavy atom. The fourth-order valence-electron chi connectivity index (χ4n) is 1.61. The van der Waals surface area contributed by atoms with Crippen molar-refractivity contribution in [2.75, 3.05) is 0 Å². The molecule has 0 saturated heterocycles. The maximum atomic E-state index is 2.27. The van der Waals surface area contributed by atoms with Crippen LogP contribution < -0.4 is 0 Å². The monoisotopic (exact) mass is 242 g/mol. The van der Waals surface area contributed by atoms with Crippen LogP contribution in [0.15, 0.2) is 60.7 Å². The van der Waals surface area contributed by atoms with Crippen molar-refractivity contribution >= 4 is 9.52 Å². The third-order valence-corrected chi connectivity index (χ3v) is 4.00. The highest BCUT2D eigenvalue weighted by atomic mass is 28.2. The van der Waals surface area contributed by atoms with Gasteiger partial charge in [-0.15, -0.1) is 0 Å². The standard InChI is InChI=1S/C12H10.C4H12Si/c1-3-7-11(8-4-1)12-9-5-2-6-10-12;1-3-5-4-2/h1-10H;3-5H2,1-2H3. The van der Waals surface area contributed by atoms with E-state index in [2.05, 4.69) is 62.4 Å². The maximum Gasteiger partial charge on any atom is 0.0192 e. The van der Waals surface area contributed by atoms with Gasteiger partial charge in [-0.05, 0) is 11.1 Å². The SMILES string of the molecule is CC[SiH2]CC.c1ccc(-c2ccccc2)cc1. The van der Waals surface area contributed by atoms with Crippen molar-refractivity contribution in [1.29, 1.82) is 0 Å². The normalized spacial score (nSPS) is 9.29. The first kappa shape index (κ1) is 13.7. The molecule has 0 atom stereocenters. The van der Waals surface area contributed by atoms with Crippen molar-refractivity contribution in [3.8, 4) is 11.1 Å². The van der Waals surface area contributed by atoms with Crippen LogP contribution in [0.4, 0.5) is 0 Å². The van der Waals surface area contributed by atoms with Crippen LogP contribution in [0, 0.1) is 0 Å². The third-order valence-electron chi connectivity index (χ3n) is 2.59. The second-order valence-electron chi connectivity index (χ2n) is 4.09. The quantitative estimate of drug-likeness (QED) is 0.700. The summed E-state index contributed by atoms with van der Waals surface area (Å²) >= 11 is 0. The van der Waals surface area contributed by atoms with E-state index < -0.39 is 0 Å². The van der Waals surface area contributed by atoms with E-state index in [0.29, 0.717) is 9.52 Å². The largest absolute Gasteiger partial charge is 0.0683 e. The van der Waals surface area contributed by atoms with Gasteiger partial charge >= 0.3 is 0 Å². The number of hydrogen-bond acceptors (Lipinski definition) is 0. The van der Waals surface area contributed by atoms with Gasteiger partial charge in [0.1, 0.15) is 0 Å². The van der Waals surface area contributed by atoms with Crippen LogP contribution in [0.5, 0.6) is 0 Å². The molecular formula is C16H22Si. The van der Waals surface area contributed by atoms with Gasteiger partial charge < -0.3 is 0 Å². The molecule has 2 aromatic carbocycles. The topological polar surface area (TPSA) is 0 Å². The minimum Gasteiger partial charge on any atom is -0.0683 e. The summed E-state index contributed by atoms with van der Waals surface area (Å²) in [6.07, 6.45) is 0. The molecule has 0 aliphatic heterocycles. The molecule has 2 aromatic rings. The number of benzene rings is 2. The summed E-state index contributed by atoms with van der Waals surface area (Å²) in [6, 6.07) is 23.7. The molecule has 0 aromatic heterocycles. The van der Waals surface area contributed by atoms with Crippen LogP contribution in [0.2, 0.25) is 12.1 Å². The average Bonchev–Trinajstić information content (AvgIpc) is 2.42. The summed E-state index contributed by atoms with van der Waals surface area (Å²) in [6.45, 7) is 4.55. The zero-order valence-electron chi connectivity index (χ0n) is 10.9. The van der Waals surface area contributed by atoms with Gasteiger partial charge in [0.25, 0.3) is 0 Å². The average molecular weight is 242 g/mol. The minimum absolute atomic E-state index is 0.432. The van der Waals surface area contributed by atoms with Crippen LogP contribution in [-0.4, -0.2) is 9.52 Å². The first-order chi connectivity index (χ1) is 8.38. The Hall–Kier alpha value is -1.34. The lowest BCUT2D eigenvalue weighted by Crippen LogP contribution is -1.76. The molecule has 0 saturated carbocycles. The Morgan fingerprint density at radius 2 is 1.00 bits per heavy atom. The Bertz CT molecular complexity index is 341. The molecule has 90 valence electrons. The molecule has 0 heterocycles. The fourth-order valence-corrected chi connectivity index (χ4v) is 2.32. The van der Waals surface area contributed by atoms with Crippen molar-refractivity contribution in [2.45, 2.75) is 25.9 Å². The maximum absolute atomic E-state index is 2.27. The molecule has 1 heteroatoms. The van der Waals surface area contributed by atoms with Gasteiger partial charge in [0.2, 0.25) is 0 Å². The first-order valence-corrected chi connectivity index (χ1v) is 8.49. The van der Waals surface area contributed by atoms with Crippen LogP contribution in [0.3, 0.4) is 0 Å². The van der Waals surface area contributed by atoms with E-state index in [4.69, 9.17) is 0 Å². The molecule has 0 nitrogen and oxygen atoms in total. The van der Waals surface area contributed by atoms with Crippen LogP contribution in [0.25, 0.3) is 11.1 Å². The summed E-state index contributed by atoms with van der Waals surface area (Å²) in [4.78, 5) is 0. The van der Waals surface area contributed by atoms with Crippen molar-refractivity contribution < 1.29 is 0 Å². The zero-order valence-corrected chi connectivity index (χ0v) is 12.3. The van der Waals surface area contributed by atoms with E-state index in [1.54, 1.807) is 0 Å². The molecular weight excluding hydrogens is 220 g/mol. The minimum atomic E-state index is 0.432. The van der Waals surface area contributed by atoms with Gasteiger partial charge in [-0.25, -0.2) is 0 Å². The van der Waals surface area contributed by atoms with Gasteiger partial charge in [-0.2, -0.15) is 0 Å². The molecule has 2 rings (SSSR count). The number of rotatable bonds is 3. The fraction of sp³-hybridized carbons (Fsp3) is 0.250. The van der Waals surface area contributed by atoms with Crippen LogP contribution in [-0.2, 0) is 0 Å². The summed E-state index contributed by atoms with van der Waals surface area (Å²) in [7, 11) is 0.432. The van der Waals surface area contributed by atoms with E-state index in [1.165, 1.54) is 23.2 Å². The molecule has 0 aliphatic rings. The summed E-state index contributed by atoms with van der Waals surface area (Å²) in [5.74, 6) is 0. The van der Waals surface area contributed by atoms with E-state index >= 15 is 0 Å².